The predicted octanol–water partition coefficient (Wildman–Crippen LogP) is 3.32. The van der Waals surface area contributed by atoms with Gasteiger partial charge >= 0.3 is 6.18 Å². The van der Waals surface area contributed by atoms with Crippen molar-refractivity contribution in [1.82, 2.24) is 4.90 Å². The standard InChI is InChI=1S/C13H15F3N2/c1-9-17(3)11-8-6-5-7-10(11)12(2,18(9)4)13(14,15)16/h5-8H,1H2,2-4H3/t12-/m0/s1. The quantitative estimate of drug-likeness (QED) is 0.702. The van der Waals surface area contributed by atoms with Crippen LogP contribution in [0.5, 0.6) is 0 Å². The summed E-state index contributed by atoms with van der Waals surface area (Å²) >= 11 is 0. The van der Waals surface area contributed by atoms with Crippen molar-refractivity contribution >= 4 is 5.69 Å². The molecule has 98 valence electrons. The summed E-state index contributed by atoms with van der Waals surface area (Å²) in [5, 5.41) is 0. The number of para-hydroxylation sites is 1. The Morgan fingerprint density at radius 3 is 2.28 bits per heavy atom. The van der Waals surface area contributed by atoms with Crippen LogP contribution in [-0.2, 0) is 5.54 Å². The smallest absolute Gasteiger partial charge is 0.344 e. The van der Waals surface area contributed by atoms with Crippen LogP contribution in [0, 0.1) is 0 Å². The fourth-order valence-corrected chi connectivity index (χ4v) is 2.32. The van der Waals surface area contributed by atoms with E-state index in [9.17, 15) is 13.2 Å². The van der Waals surface area contributed by atoms with Crippen molar-refractivity contribution in [2.45, 2.75) is 18.6 Å². The SMILES string of the molecule is C=C1N(C)c2ccccc2[C@@](C)(C(F)(F)F)N1C. The summed E-state index contributed by atoms with van der Waals surface area (Å²) in [5.74, 6) is 0.327. The maximum Gasteiger partial charge on any atom is 0.415 e. The molecule has 5 heteroatoms. The zero-order valence-corrected chi connectivity index (χ0v) is 10.5. The van der Waals surface area contributed by atoms with E-state index in [-0.39, 0.29) is 5.56 Å². The monoisotopic (exact) mass is 256 g/mol. The molecular formula is C13H15F3N2. The van der Waals surface area contributed by atoms with E-state index in [4.69, 9.17) is 0 Å². The lowest BCUT2D eigenvalue weighted by Crippen LogP contribution is -2.57. The topological polar surface area (TPSA) is 6.48 Å². The summed E-state index contributed by atoms with van der Waals surface area (Å²) in [7, 11) is 3.13. The van der Waals surface area contributed by atoms with Crippen LogP contribution in [-0.4, -0.2) is 25.2 Å². The average molecular weight is 256 g/mol. The summed E-state index contributed by atoms with van der Waals surface area (Å²) in [6.45, 7) is 4.92. The second kappa shape index (κ2) is 3.67. The van der Waals surface area contributed by atoms with Crippen molar-refractivity contribution in [2.24, 2.45) is 0 Å². The van der Waals surface area contributed by atoms with Gasteiger partial charge in [0, 0.05) is 25.3 Å². The van der Waals surface area contributed by atoms with Gasteiger partial charge in [0.05, 0.1) is 0 Å². The van der Waals surface area contributed by atoms with Crippen LogP contribution in [0.15, 0.2) is 36.7 Å². The molecule has 0 saturated heterocycles. The molecule has 0 spiro atoms. The minimum atomic E-state index is -4.37. The number of alkyl halides is 3. The number of halogens is 3. The van der Waals surface area contributed by atoms with Gasteiger partial charge in [0.25, 0.3) is 0 Å². The van der Waals surface area contributed by atoms with Gasteiger partial charge in [-0.25, -0.2) is 0 Å². The number of fused-ring (bicyclic) bond motifs is 1. The number of benzene rings is 1. The third-order valence-corrected chi connectivity index (χ3v) is 3.79. The van der Waals surface area contributed by atoms with Crippen LogP contribution in [0.4, 0.5) is 18.9 Å². The lowest BCUT2D eigenvalue weighted by molar-refractivity contribution is -0.223. The van der Waals surface area contributed by atoms with Crippen molar-refractivity contribution in [3.05, 3.63) is 42.2 Å². The molecule has 1 aromatic rings. The largest absolute Gasteiger partial charge is 0.415 e. The highest BCUT2D eigenvalue weighted by atomic mass is 19.4. The number of rotatable bonds is 0. The molecule has 1 atom stereocenters. The van der Waals surface area contributed by atoms with E-state index < -0.39 is 11.7 Å². The summed E-state index contributed by atoms with van der Waals surface area (Å²) in [5.41, 5.74) is -1.26. The molecule has 1 aliphatic rings. The minimum absolute atomic E-state index is 0.245. The second-order valence-electron chi connectivity index (χ2n) is 4.62. The van der Waals surface area contributed by atoms with E-state index in [2.05, 4.69) is 6.58 Å². The molecule has 0 N–H and O–H groups in total. The van der Waals surface area contributed by atoms with Gasteiger partial charge in [-0.05, 0) is 13.0 Å². The molecule has 0 aliphatic carbocycles. The summed E-state index contributed by atoms with van der Waals surface area (Å²) < 4.78 is 40.4. The maximum absolute atomic E-state index is 13.5. The van der Waals surface area contributed by atoms with Gasteiger partial charge in [-0.15, -0.1) is 0 Å². The van der Waals surface area contributed by atoms with Gasteiger partial charge in [0.1, 0.15) is 5.82 Å². The van der Waals surface area contributed by atoms with Crippen LogP contribution in [0.1, 0.15) is 12.5 Å². The molecule has 0 unspecified atom stereocenters. The maximum atomic E-state index is 13.5. The lowest BCUT2D eigenvalue weighted by atomic mass is 9.86. The fraction of sp³-hybridized carbons (Fsp3) is 0.385. The lowest BCUT2D eigenvalue weighted by Gasteiger charge is -2.50. The Morgan fingerprint density at radius 1 is 1.17 bits per heavy atom. The molecule has 0 bridgehead atoms. The van der Waals surface area contributed by atoms with E-state index in [0.29, 0.717) is 11.5 Å². The molecule has 1 aliphatic heterocycles. The molecule has 0 radical (unpaired) electrons. The summed E-state index contributed by atoms with van der Waals surface area (Å²) in [4.78, 5) is 2.85. The molecule has 2 rings (SSSR count). The van der Waals surface area contributed by atoms with Crippen LogP contribution in [0.3, 0.4) is 0 Å². The van der Waals surface area contributed by atoms with E-state index in [1.807, 2.05) is 0 Å². The van der Waals surface area contributed by atoms with Crippen LogP contribution >= 0.6 is 0 Å². The van der Waals surface area contributed by atoms with E-state index >= 15 is 0 Å². The fourth-order valence-electron chi connectivity index (χ4n) is 2.32. The molecular weight excluding hydrogens is 241 g/mol. The molecule has 18 heavy (non-hydrogen) atoms. The number of nitrogens with zero attached hydrogens (tertiary/aromatic N) is 2. The third-order valence-electron chi connectivity index (χ3n) is 3.79. The zero-order chi connectivity index (χ0) is 13.7. The summed E-state index contributed by atoms with van der Waals surface area (Å²) in [6, 6.07) is 6.54. The number of anilines is 1. The van der Waals surface area contributed by atoms with E-state index in [1.54, 1.807) is 30.1 Å². The van der Waals surface area contributed by atoms with E-state index in [0.717, 1.165) is 0 Å². The normalized spacial score (nSPS) is 24.2. The van der Waals surface area contributed by atoms with Crippen LogP contribution < -0.4 is 4.90 Å². The Balaban J connectivity index is 2.75. The zero-order valence-electron chi connectivity index (χ0n) is 10.5. The van der Waals surface area contributed by atoms with Crippen molar-refractivity contribution in [1.29, 1.82) is 0 Å². The molecule has 1 aromatic carbocycles. The first kappa shape index (κ1) is 12.8. The van der Waals surface area contributed by atoms with Gasteiger partial charge in [0.2, 0.25) is 0 Å². The molecule has 0 fully saturated rings. The van der Waals surface area contributed by atoms with Gasteiger partial charge in [-0.3, -0.25) is 0 Å². The van der Waals surface area contributed by atoms with Crippen molar-refractivity contribution in [3.63, 3.8) is 0 Å². The Kier molecular flexibility index (Phi) is 2.61. The Hall–Kier alpha value is -1.65. The molecule has 0 saturated carbocycles. The minimum Gasteiger partial charge on any atom is -0.344 e. The van der Waals surface area contributed by atoms with Crippen LogP contribution in [0.2, 0.25) is 0 Å². The molecule has 2 nitrogen and oxygen atoms in total. The summed E-state index contributed by atoms with van der Waals surface area (Å²) in [6.07, 6.45) is -4.37. The van der Waals surface area contributed by atoms with Gasteiger partial charge in [0.15, 0.2) is 5.54 Å². The van der Waals surface area contributed by atoms with Crippen molar-refractivity contribution in [2.75, 3.05) is 19.0 Å². The first-order valence-electron chi connectivity index (χ1n) is 5.54. The van der Waals surface area contributed by atoms with Gasteiger partial charge in [-0.1, -0.05) is 24.8 Å². The second-order valence-corrected chi connectivity index (χ2v) is 4.62. The Morgan fingerprint density at radius 2 is 1.72 bits per heavy atom. The van der Waals surface area contributed by atoms with Crippen molar-refractivity contribution in [3.8, 4) is 0 Å². The highest BCUT2D eigenvalue weighted by Crippen LogP contribution is 2.50. The van der Waals surface area contributed by atoms with Crippen molar-refractivity contribution < 1.29 is 13.2 Å². The van der Waals surface area contributed by atoms with Gasteiger partial charge in [-0.2, -0.15) is 13.2 Å². The van der Waals surface area contributed by atoms with Crippen LogP contribution in [0.25, 0.3) is 0 Å². The van der Waals surface area contributed by atoms with Gasteiger partial charge < -0.3 is 9.80 Å². The number of hydrogen-bond acceptors (Lipinski definition) is 2. The Labute approximate surface area is 104 Å². The highest BCUT2D eigenvalue weighted by molar-refractivity contribution is 5.62. The first-order valence-corrected chi connectivity index (χ1v) is 5.54. The average Bonchev–Trinajstić information content (AvgIpc) is 2.32. The Bertz CT molecular complexity index is 495. The first-order chi connectivity index (χ1) is 8.21. The van der Waals surface area contributed by atoms with E-state index in [1.165, 1.54) is 24.9 Å². The molecule has 1 heterocycles. The highest BCUT2D eigenvalue weighted by Gasteiger charge is 2.58. The molecule has 0 amide bonds. The molecule has 0 aromatic heterocycles. The number of hydrogen-bond donors (Lipinski definition) is 0. The third kappa shape index (κ3) is 1.43. The predicted molar refractivity (Wildman–Crippen MR) is 65.2 cm³/mol.